The van der Waals surface area contributed by atoms with E-state index in [9.17, 15) is 0 Å². The van der Waals surface area contributed by atoms with Crippen molar-refractivity contribution < 1.29 is 0 Å². The van der Waals surface area contributed by atoms with Gasteiger partial charge in [-0.3, -0.25) is 0 Å². The monoisotopic (exact) mass is 282 g/mol. The van der Waals surface area contributed by atoms with E-state index in [1.807, 2.05) is 18.4 Å². The van der Waals surface area contributed by atoms with E-state index in [1.54, 1.807) is 0 Å². The number of aromatic nitrogens is 1. The van der Waals surface area contributed by atoms with E-state index in [0.717, 1.165) is 32.6 Å². The smallest absolute Gasteiger partial charge is 0.185 e. The van der Waals surface area contributed by atoms with Gasteiger partial charge in [0, 0.05) is 37.1 Å². The Balaban J connectivity index is 2.13. The third-order valence-corrected chi connectivity index (χ3v) is 4.98. The van der Waals surface area contributed by atoms with Crippen molar-refractivity contribution in [1.82, 2.24) is 15.2 Å². The minimum absolute atomic E-state index is 0.611. The molecule has 0 aliphatic carbocycles. The number of nitrogens with zero attached hydrogens (tertiary/aromatic N) is 3. The average Bonchev–Trinajstić information content (AvgIpc) is 2.77. The van der Waals surface area contributed by atoms with Gasteiger partial charge in [-0.15, -0.1) is 11.3 Å². The number of rotatable bonds is 5. The summed E-state index contributed by atoms with van der Waals surface area (Å²) in [6.07, 6.45) is 2.26. The van der Waals surface area contributed by atoms with Gasteiger partial charge < -0.3 is 15.1 Å². The molecule has 2 heterocycles. The fraction of sp³-hybridized carbons (Fsp3) is 0.786. The van der Waals surface area contributed by atoms with Crippen LogP contribution >= 0.6 is 11.3 Å². The second-order valence-electron chi connectivity index (χ2n) is 5.42. The molecule has 1 aromatic heterocycles. The Morgan fingerprint density at radius 1 is 1.42 bits per heavy atom. The molecule has 1 N–H and O–H groups in total. The van der Waals surface area contributed by atoms with Gasteiger partial charge in [0.05, 0.1) is 5.69 Å². The molecule has 1 aliphatic rings. The summed E-state index contributed by atoms with van der Waals surface area (Å²) in [5.74, 6) is 0. The van der Waals surface area contributed by atoms with Crippen molar-refractivity contribution in [2.75, 3.05) is 38.6 Å². The Hall–Kier alpha value is -0.650. The number of nitrogens with one attached hydrogen (secondary N) is 1. The number of piperazine rings is 1. The first-order chi connectivity index (χ1) is 9.15. The van der Waals surface area contributed by atoms with Gasteiger partial charge in [-0.1, -0.05) is 13.3 Å². The van der Waals surface area contributed by atoms with Crippen LogP contribution < -0.4 is 10.2 Å². The largest absolute Gasteiger partial charge is 0.345 e. The SMILES string of the molecule is CCCc1nc(N2CCN(C)C(C)C2)sc1CNC. The summed E-state index contributed by atoms with van der Waals surface area (Å²) in [5.41, 5.74) is 1.29. The molecule has 0 amide bonds. The minimum Gasteiger partial charge on any atom is -0.345 e. The molecule has 1 aromatic rings. The Bertz CT molecular complexity index is 381. The van der Waals surface area contributed by atoms with Crippen LogP contribution in [0.1, 0.15) is 30.8 Å². The van der Waals surface area contributed by atoms with Crippen LogP contribution in [0.3, 0.4) is 0 Å². The summed E-state index contributed by atoms with van der Waals surface area (Å²) in [4.78, 5) is 11.2. The third-order valence-electron chi connectivity index (χ3n) is 3.82. The number of aryl methyl sites for hydroxylation is 1. The number of hydrogen-bond donors (Lipinski definition) is 1. The van der Waals surface area contributed by atoms with Crippen molar-refractivity contribution in [2.24, 2.45) is 0 Å². The highest BCUT2D eigenvalue weighted by molar-refractivity contribution is 7.15. The molecular weight excluding hydrogens is 256 g/mol. The molecule has 0 bridgehead atoms. The van der Waals surface area contributed by atoms with Gasteiger partial charge in [-0.2, -0.15) is 0 Å². The fourth-order valence-electron chi connectivity index (χ4n) is 2.46. The van der Waals surface area contributed by atoms with Gasteiger partial charge in [0.25, 0.3) is 0 Å². The van der Waals surface area contributed by atoms with E-state index in [4.69, 9.17) is 4.98 Å². The lowest BCUT2D eigenvalue weighted by Crippen LogP contribution is -2.50. The van der Waals surface area contributed by atoms with Gasteiger partial charge in [0.15, 0.2) is 5.13 Å². The second-order valence-corrected chi connectivity index (χ2v) is 6.48. The molecule has 1 aliphatic heterocycles. The highest BCUT2D eigenvalue weighted by Crippen LogP contribution is 2.28. The summed E-state index contributed by atoms with van der Waals surface area (Å²) < 4.78 is 0. The molecule has 0 spiro atoms. The Labute approximate surface area is 120 Å². The molecule has 19 heavy (non-hydrogen) atoms. The first-order valence-electron chi connectivity index (χ1n) is 7.24. The highest BCUT2D eigenvalue weighted by Gasteiger charge is 2.23. The van der Waals surface area contributed by atoms with E-state index >= 15 is 0 Å². The summed E-state index contributed by atoms with van der Waals surface area (Å²) in [6, 6.07) is 0.611. The third kappa shape index (κ3) is 3.46. The van der Waals surface area contributed by atoms with Crippen LogP contribution in [0.25, 0.3) is 0 Å². The molecule has 0 aromatic carbocycles. The van der Waals surface area contributed by atoms with E-state index in [2.05, 4.69) is 36.0 Å². The lowest BCUT2D eigenvalue weighted by Gasteiger charge is -2.37. The van der Waals surface area contributed by atoms with E-state index < -0.39 is 0 Å². The van der Waals surface area contributed by atoms with Crippen LogP contribution in [0, 0.1) is 0 Å². The molecule has 5 heteroatoms. The molecular formula is C14H26N4S. The van der Waals surface area contributed by atoms with Gasteiger partial charge in [-0.25, -0.2) is 4.98 Å². The lowest BCUT2D eigenvalue weighted by atomic mass is 10.2. The van der Waals surface area contributed by atoms with Crippen molar-refractivity contribution in [1.29, 1.82) is 0 Å². The molecule has 1 saturated heterocycles. The van der Waals surface area contributed by atoms with Gasteiger partial charge in [0.2, 0.25) is 0 Å². The molecule has 1 fully saturated rings. The maximum Gasteiger partial charge on any atom is 0.185 e. The zero-order valence-electron chi connectivity index (χ0n) is 12.6. The molecule has 0 radical (unpaired) electrons. The van der Waals surface area contributed by atoms with E-state index in [1.165, 1.54) is 22.1 Å². The van der Waals surface area contributed by atoms with Crippen molar-refractivity contribution in [3.8, 4) is 0 Å². The summed E-state index contributed by atoms with van der Waals surface area (Å²) >= 11 is 1.87. The van der Waals surface area contributed by atoms with E-state index in [-0.39, 0.29) is 0 Å². The number of likely N-dealkylation sites (N-methyl/N-ethyl adjacent to an activating group) is 1. The maximum atomic E-state index is 4.89. The fourth-order valence-corrected chi connectivity index (χ4v) is 3.61. The van der Waals surface area contributed by atoms with Crippen LogP contribution in [0.15, 0.2) is 0 Å². The van der Waals surface area contributed by atoms with Gasteiger partial charge >= 0.3 is 0 Å². The van der Waals surface area contributed by atoms with Crippen LogP contribution in [-0.4, -0.2) is 49.7 Å². The predicted octanol–water partition coefficient (Wildman–Crippen LogP) is 1.96. The number of hydrogen-bond acceptors (Lipinski definition) is 5. The van der Waals surface area contributed by atoms with E-state index in [0.29, 0.717) is 6.04 Å². The molecule has 1 unspecified atom stereocenters. The predicted molar refractivity (Wildman–Crippen MR) is 83.2 cm³/mol. The van der Waals surface area contributed by atoms with Crippen LogP contribution in [0.4, 0.5) is 5.13 Å². The zero-order valence-corrected chi connectivity index (χ0v) is 13.4. The average molecular weight is 282 g/mol. The Morgan fingerprint density at radius 2 is 2.21 bits per heavy atom. The molecule has 4 nitrogen and oxygen atoms in total. The normalized spacial score (nSPS) is 21.1. The standard InChI is InChI=1S/C14H26N4S/c1-5-6-12-13(9-15-3)19-14(16-12)18-8-7-17(4)11(2)10-18/h11,15H,5-10H2,1-4H3. The van der Waals surface area contributed by atoms with Crippen molar-refractivity contribution >= 4 is 16.5 Å². The van der Waals surface area contributed by atoms with Crippen molar-refractivity contribution in [2.45, 2.75) is 39.3 Å². The Morgan fingerprint density at radius 3 is 2.84 bits per heavy atom. The molecule has 1 atom stereocenters. The lowest BCUT2D eigenvalue weighted by molar-refractivity contribution is 0.234. The van der Waals surface area contributed by atoms with Crippen molar-refractivity contribution in [3.63, 3.8) is 0 Å². The number of thiazole rings is 1. The molecule has 0 saturated carbocycles. The molecule has 108 valence electrons. The maximum absolute atomic E-state index is 4.89. The first-order valence-corrected chi connectivity index (χ1v) is 8.05. The first kappa shape index (κ1) is 14.8. The summed E-state index contributed by atoms with van der Waals surface area (Å²) in [6.45, 7) is 8.77. The van der Waals surface area contributed by atoms with Crippen molar-refractivity contribution in [3.05, 3.63) is 10.6 Å². The van der Waals surface area contributed by atoms with Gasteiger partial charge in [-0.05, 0) is 27.4 Å². The highest BCUT2D eigenvalue weighted by atomic mass is 32.1. The quantitative estimate of drug-likeness (QED) is 0.894. The van der Waals surface area contributed by atoms with Gasteiger partial charge in [0.1, 0.15) is 0 Å². The second kappa shape index (κ2) is 6.68. The molecule has 2 rings (SSSR count). The topological polar surface area (TPSA) is 31.4 Å². The minimum atomic E-state index is 0.611. The summed E-state index contributed by atoms with van der Waals surface area (Å²) in [7, 11) is 4.21. The summed E-state index contributed by atoms with van der Waals surface area (Å²) in [5, 5.41) is 4.47. The van der Waals surface area contributed by atoms with Crippen LogP contribution in [0.5, 0.6) is 0 Å². The van der Waals surface area contributed by atoms with Crippen LogP contribution in [-0.2, 0) is 13.0 Å². The number of anilines is 1. The zero-order chi connectivity index (χ0) is 13.8. The van der Waals surface area contributed by atoms with Crippen LogP contribution in [0.2, 0.25) is 0 Å². The Kier molecular flexibility index (Phi) is 5.19.